The SMILES string of the molecule is C[C@@H](NC(=O)[C@H]1CCCN(C(=O)c2cccs2)C1)c1cccc(C(F)(F)F)c1. The molecule has 2 aromatic rings. The van der Waals surface area contributed by atoms with E-state index < -0.39 is 17.8 Å². The molecule has 150 valence electrons. The van der Waals surface area contributed by atoms with Gasteiger partial charge < -0.3 is 10.2 Å². The Morgan fingerprint density at radius 1 is 1.25 bits per heavy atom. The van der Waals surface area contributed by atoms with Gasteiger partial charge in [0.25, 0.3) is 5.91 Å². The lowest BCUT2D eigenvalue weighted by Gasteiger charge is -2.32. The van der Waals surface area contributed by atoms with Gasteiger partial charge in [-0.05, 0) is 48.9 Å². The van der Waals surface area contributed by atoms with Gasteiger partial charge in [0.15, 0.2) is 0 Å². The zero-order chi connectivity index (χ0) is 20.3. The molecule has 0 aliphatic carbocycles. The second-order valence-corrected chi connectivity index (χ2v) is 7.87. The van der Waals surface area contributed by atoms with Crippen molar-refractivity contribution in [2.75, 3.05) is 13.1 Å². The third kappa shape index (κ3) is 4.73. The van der Waals surface area contributed by atoms with Gasteiger partial charge in [0, 0.05) is 13.1 Å². The molecule has 28 heavy (non-hydrogen) atoms. The van der Waals surface area contributed by atoms with E-state index in [0.717, 1.165) is 12.1 Å². The Bertz CT molecular complexity index is 836. The Kier molecular flexibility index (Phi) is 6.07. The topological polar surface area (TPSA) is 49.4 Å². The molecule has 1 aliphatic heterocycles. The van der Waals surface area contributed by atoms with Crippen LogP contribution in [0.4, 0.5) is 13.2 Å². The Morgan fingerprint density at radius 3 is 2.71 bits per heavy atom. The van der Waals surface area contributed by atoms with Crippen molar-refractivity contribution >= 4 is 23.2 Å². The molecule has 0 spiro atoms. The molecule has 1 saturated heterocycles. The fraction of sp³-hybridized carbons (Fsp3) is 0.400. The van der Waals surface area contributed by atoms with E-state index in [1.165, 1.54) is 17.4 Å². The Balaban J connectivity index is 1.63. The van der Waals surface area contributed by atoms with Crippen molar-refractivity contribution in [1.29, 1.82) is 0 Å². The smallest absolute Gasteiger partial charge is 0.349 e. The molecule has 0 radical (unpaired) electrons. The molecule has 4 nitrogen and oxygen atoms in total. The van der Waals surface area contributed by atoms with Crippen LogP contribution in [0.25, 0.3) is 0 Å². The lowest BCUT2D eigenvalue weighted by molar-refractivity contribution is -0.137. The summed E-state index contributed by atoms with van der Waals surface area (Å²) in [5, 5.41) is 4.63. The first-order valence-corrected chi connectivity index (χ1v) is 9.94. The molecule has 2 amide bonds. The van der Waals surface area contributed by atoms with Crippen LogP contribution in [0, 0.1) is 5.92 Å². The Morgan fingerprint density at radius 2 is 2.04 bits per heavy atom. The Hall–Kier alpha value is -2.35. The minimum atomic E-state index is -4.42. The van der Waals surface area contributed by atoms with Crippen molar-refractivity contribution in [3.63, 3.8) is 0 Å². The van der Waals surface area contributed by atoms with Crippen molar-refractivity contribution in [3.05, 3.63) is 57.8 Å². The molecular formula is C20H21F3N2O2S. The molecule has 2 atom stereocenters. The number of nitrogens with zero attached hydrogens (tertiary/aromatic N) is 1. The largest absolute Gasteiger partial charge is 0.416 e. The number of amides is 2. The summed E-state index contributed by atoms with van der Waals surface area (Å²) in [5.41, 5.74) is -0.345. The van der Waals surface area contributed by atoms with E-state index in [9.17, 15) is 22.8 Å². The molecule has 0 bridgehead atoms. The summed E-state index contributed by atoms with van der Waals surface area (Å²) in [7, 11) is 0. The molecule has 1 aromatic carbocycles. The monoisotopic (exact) mass is 410 g/mol. The molecule has 1 N–H and O–H groups in total. The van der Waals surface area contributed by atoms with E-state index in [1.54, 1.807) is 24.0 Å². The van der Waals surface area contributed by atoms with Crippen LogP contribution in [0.5, 0.6) is 0 Å². The maximum Gasteiger partial charge on any atom is 0.416 e. The van der Waals surface area contributed by atoms with Gasteiger partial charge in [-0.15, -0.1) is 11.3 Å². The zero-order valence-electron chi connectivity index (χ0n) is 15.3. The number of carbonyl (C=O) groups excluding carboxylic acids is 2. The molecule has 3 rings (SSSR count). The summed E-state index contributed by atoms with van der Waals surface area (Å²) in [5.74, 6) is -0.696. The quantitative estimate of drug-likeness (QED) is 0.807. The Labute approximate surface area is 165 Å². The lowest BCUT2D eigenvalue weighted by Crippen LogP contribution is -2.45. The average molecular weight is 410 g/mol. The van der Waals surface area contributed by atoms with E-state index >= 15 is 0 Å². The molecule has 0 unspecified atom stereocenters. The summed E-state index contributed by atoms with van der Waals surface area (Å²) < 4.78 is 38.7. The van der Waals surface area contributed by atoms with E-state index in [1.807, 2.05) is 11.4 Å². The van der Waals surface area contributed by atoms with E-state index in [0.29, 0.717) is 36.4 Å². The number of likely N-dealkylation sites (tertiary alicyclic amines) is 1. The fourth-order valence-corrected chi connectivity index (χ4v) is 4.02. The van der Waals surface area contributed by atoms with Crippen LogP contribution < -0.4 is 5.32 Å². The van der Waals surface area contributed by atoms with Crippen molar-refractivity contribution in [3.8, 4) is 0 Å². The summed E-state index contributed by atoms with van der Waals surface area (Å²) >= 11 is 1.36. The van der Waals surface area contributed by atoms with Crippen LogP contribution in [0.15, 0.2) is 41.8 Å². The van der Waals surface area contributed by atoms with Gasteiger partial charge in [-0.1, -0.05) is 18.2 Å². The van der Waals surface area contributed by atoms with Crippen molar-refractivity contribution in [2.24, 2.45) is 5.92 Å². The predicted molar refractivity (Wildman–Crippen MR) is 101 cm³/mol. The summed E-state index contributed by atoms with van der Waals surface area (Å²) in [6, 6.07) is 7.97. The van der Waals surface area contributed by atoms with E-state index in [4.69, 9.17) is 0 Å². The highest BCUT2D eigenvalue weighted by atomic mass is 32.1. The molecule has 1 fully saturated rings. The molecule has 2 heterocycles. The highest BCUT2D eigenvalue weighted by Crippen LogP contribution is 2.31. The van der Waals surface area contributed by atoms with Gasteiger partial charge in [-0.25, -0.2) is 0 Å². The second kappa shape index (κ2) is 8.34. The number of nitrogens with one attached hydrogen (secondary N) is 1. The van der Waals surface area contributed by atoms with E-state index in [-0.39, 0.29) is 17.7 Å². The van der Waals surface area contributed by atoms with Crippen molar-refractivity contribution in [1.82, 2.24) is 10.2 Å². The summed E-state index contributed by atoms with van der Waals surface area (Å²) in [6.45, 7) is 2.58. The molecule has 1 aromatic heterocycles. The normalized spacial score (nSPS) is 18.6. The third-order valence-corrected chi connectivity index (χ3v) is 5.74. The third-order valence-electron chi connectivity index (χ3n) is 4.88. The maximum absolute atomic E-state index is 12.9. The summed E-state index contributed by atoms with van der Waals surface area (Å²) in [6.07, 6.45) is -3.06. The van der Waals surface area contributed by atoms with Crippen LogP contribution in [-0.2, 0) is 11.0 Å². The van der Waals surface area contributed by atoms with Crippen molar-refractivity contribution < 1.29 is 22.8 Å². The number of thiophene rings is 1. The molecule has 0 saturated carbocycles. The van der Waals surface area contributed by atoms with Crippen molar-refractivity contribution in [2.45, 2.75) is 32.0 Å². The number of piperidine rings is 1. The first-order chi connectivity index (χ1) is 13.3. The first-order valence-electron chi connectivity index (χ1n) is 9.06. The van der Waals surface area contributed by atoms with Gasteiger partial charge in [0.1, 0.15) is 0 Å². The maximum atomic E-state index is 12.9. The van der Waals surface area contributed by atoms with E-state index in [2.05, 4.69) is 5.32 Å². The number of benzene rings is 1. The number of hydrogen-bond acceptors (Lipinski definition) is 3. The number of alkyl halides is 3. The standard InChI is InChI=1S/C20H21F3N2O2S/c1-13(14-5-2-7-16(11-14)20(21,22)23)24-18(26)15-6-3-9-25(12-15)19(27)17-8-4-10-28-17/h2,4-5,7-8,10-11,13,15H,3,6,9,12H2,1H3,(H,24,26)/t13-,15+/m1/s1. The van der Waals surface area contributed by atoms with Crippen LogP contribution in [0.1, 0.15) is 46.6 Å². The molecular weight excluding hydrogens is 389 g/mol. The van der Waals surface area contributed by atoms with Crippen LogP contribution in [0.2, 0.25) is 0 Å². The highest BCUT2D eigenvalue weighted by Gasteiger charge is 2.32. The van der Waals surface area contributed by atoms with Crippen LogP contribution in [-0.4, -0.2) is 29.8 Å². The lowest BCUT2D eigenvalue weighted by atomic mass is 9.96. The number of hydrogen-bond donors (Lipinski definition) is 1. The summed E-state index contributed by atoms with van der Waals surface area (Å²) in [4.78, 5) is 27.5. The minimum absolute atomic E-state index is 0.0848. The van der Waals surface area contributed by atoms with Gasteiger partial charge >= 0.3 is 6.18 Å². The van der Waals surface area contributed by atoms with Gasteiger partial charge in [-0.2, -0.15) is 13.2 Å². The minimum Gasteiger partial charge on any atom is -0.349 e. The number of halogens is 3. The first kappa shape index (κ1) is 20.4. The molecule has 1 aliphatic rings. The van der Waals surface area contributed by atoms with Crippen LogP contribution >= 0.6 is 11.3 Å². The second-order valence-electron chi connectivity index (χ2n) is 6.92. The van der Waals surface area contributed by atoms with Crippen LogP contribution in [0.3, 0.4) is 0 Å². The number of carbonyl (C=O) groups is 2. The van der Waals surface area contributed by atoms with Gasteiger partial charge in [0.05, 0.1) is 22.4 Å². The zero-order valence-corrected chi connectivity index (χ0v) is 16.1. The average Bonchev–Trinajstić information content (AvgIpc) is 3.21. The van der Waals surface area contributed by atoms with Gasteiger partial charge in [0.2, 0.25) is 5.91 Å². The highest BCUT2D eigenvalue weighted by molar-refractivity contribution is 7.12. The number of rotatable bonds is 4. The molecule has 8 heteroatoms. The predicted octanol–water partition coefficient (Wildman–Crippen LogP) is 4.50. The van der Waals surface area contributed by atoms with Gasteiger partial charge in [-0.3, -0.25) is 9.59 Å². The fourth-order valence-electron chi connectivity index (χ4n) is 3.33.